The van der Waals surface area contributed by atoms with Gasteiger partial charge < -0.3 is 20.7 Å². The van der Waals surface area contributed by atoms with Crippen LogP contribution in [0.3, 0.4) is 0 Å². The van der Waals surface area contributed by atoms with E-state index < -0.39 is 15.2 Å². The Balaban J connectivity index is 1.42. The fourth-order valence-corrected chi connectivity index (χ4v) is 7.61. The molecule has 3 N–H and O–H groups in total. The van der Waals surface area contributed by atoms with Crippen LogP contribution in [-0.2, 0) is 14.6 Å². The zero-order chi connectivity index (χ0) is 26.9. The highest BCUT2D eigenvalue weighted by Gasteiger charge is 2.37. The number of carbonyl (C=O) groups excluding carboxylic acids is 1. The summed E-state index contributed by atoms with van der Waals surface area (Å²) in [5.74, 6) is 0.418. The lowest BCUT2D eigenvalue weighted by molar-refractivity contribution is -0.115. The summed E-state index contributed by atoms with van der Waals surface area (Å²) in [6.45, 7) is 0.540. The molecule has 10 heteroatoms. The molecule has 0 radical (unpaired) electrons. The molecule has 3 aromatic rings. The highest BCUT2D eigenvalue weighted by atomic mass is 32.2. The van der Waals surface area contributed by atoms with Crippen molar-refractivity contribution in [3.8, 4) is 16.9 Å². The number of amides is 1. The van der Waals surface area contributed by atoms with Crippen molar-refractivity contribution in [1.29, 1.82) is 0 Å². The number of hydrogen-bond acceptors (Lipinski definition) is 8. The highest BCUT2D eigenvalue weighted by Crippen LogP contribution is 2.34. The number of nitrogens with zero attached hydrogens (tertiary/aromatic N) is 1. The van der Waals surface area contributed by atoms with Gasteiger partial charge in [0.2, 0.25) is 0 Å². The lowest BCUT2D eigenvalue weighted by atomic mass is 10.0. The molecule has 2 aliphatic rings. The van der Waals surface area contributed by atoms with Gasteiger partial charge in [-0.05, 0) is 72.0 Å². The summed E-state index contributed by atoms with van der Waals surface area (Å²) >= 11 is 6.30. The molecular weight excluding hydrogens is 539 g/mol. The van der Waals surface area contributed by atoms with Crippen molar-refractivity contribution in [2.75, 3.05) is 18.6 Å². The van der Waals surface area contributed by atoms with Crippen molar-refractivity contribution >= 4 is 55.8 Å². The molecule has 7 nitrogen and oxygen atoms in total. The zero-order valence-electron chi connectivity index (χ0n) is 20.7. The van der Waals surface area contributed by atoms with Crippen molar-refractivity contribution < 1.29 is 17.9 Å². The molecule has 1 amide bonds. The second-order valence-corrected chi connectivity index (χ2v) is 13.0. The fraction of sp³-hybridized carbons (Fsp3) is 0.214. The number of nitrogens with one attached hydrogen (secondary N) is 1. The Labute approximate surface area is 232 Å². The summed E-state index contributed by atoms with van der Waals surface area (Å²) in [5.41, 5.74) is 9.91. The lowest BCUT2D eigenvalue weighted by Crippen LogP contribution is -2.50. The maximum absolute atomic E-state index is 13.7. The Kier molecular flexibility index (Phi) is 7.58. The third kappa shape index (κ3) is 5.49. The number of benzene rings is 3. The molecule has 5 rings (SSSR count). The van der Waals surface area contributed by atoms with E-state index in [-0.39, 0.29) is 16.8 Å². The van der Waals surface area contributed by atoms with E-state index in [2.05, 4.69) is 5.32 Å². The van der Waals surface area contributed by atoms with Crippen LogP contribution in [0, 0.1) is 0 Å². The quantitative estimate of drug-likeness (QED) is 0.331. The molecule has 0 aliphatic carbocycles. The summed E-state index contributed by atoms with van der Waals surface area (Å²) in [7, 11) is -2.13. The van der Waals surface area contributed by atoms with Gasteiger partial charge in [0, 0.05) is 18.3 Å². The van der Waals surface area contributed by atoms with Crippen LogP contribution < -0.4 is 20.7 Å². The predicted octanol–water partition coefficient (Wildman–Crippen LogP) is 4.58. The van der Waals surface area contributed by atoms with E-state index >= 15 is 0 Å². The fourth-order valence-electron chi connectivity index (χ4n) is 4.67. The average Bonchev–Trinajstić information content (AvgIpc) is 3.25. The minimum absolute atomic E-state index is 0.183. The molecule has 38 heavy (non-hydrogen) atoms. The van der Waals surface area contributed by atoms with Gasteiger partial charge in [-0.15, -0.1) is 0 Å². The number of methoxy groups -OCH3 is 1. The molecule has 0 bridgehead atoms. The van der Waals surface area contributed by atoms with E-state index in [4.69, 9.17) is 22.7 Å². The zero-order valence-corrected chi connectivity index (χ0v) is 23.1. The number of sulfone groups is 1. The molecule has 2 aliphatic heterocycles. The first kappa shape index (κ1) is 26.4. The molecule has 0 saturated carbocycles. The Hall–Kier alpha value is -3.18. The molecule has 0 aromatic heterocycles. The van der Waals surface area contributed by atoms with Crippen LogP contribution in [0.15, 0.2) is 82.6 Å². The largest absolute Gasteiger partial charge is 0.497 e. The molecule has 2 heterocycles. The highest BCUT2D eigenvalue weighted by molar-refractivity contribution is 8.26. The number of ether oxygens (including phenoxy) is 1. The van der Waals surface area contributed by atoms with E-state index in [0.29, 0.717) is 34.4 Å². The van der Waals surface area contributed by atoms with Crippen LogP contribution in [0.2, 0.25) is 0 Å². The van der Waals surface area contributed by atoms with Gasteiger partial charge in [-0.1, -0.05) is 60.4 Å². The normalized spacial score (nSPS) is 21.0. The SMILES string of the molecule is COc1ccc(S(=O)(=O)C2CC(N)CCN2c2cccc(-c3ccc(/C=C4\SC(=S)NC4=O)cc3)c2)cc1. The third-order valence-corrected chi connectivity index (χ3v) is 9.96. The number of thiocarbonyl (C=S) groups is 1. The summed E-state index contributed by atoms with van der Waals surface area (Å²) in [4.78, 5) is 14.7. The predicted molar refractivity (Wildman–Crippen MR) is 157 cm³/mol. The first-order valence-corrected chi connectivity index (χ1v) is 14.9. The van der Waals surface area contributed by atoms with Gasteiger partial charge in [0.1, 0.15) is 15.4 Å². The van der Waals surface area contributed by atoms with Crippen LogP contribution in [0.4, 0.5) is 5.69 Å². The number of carbonyl (C=O) groups is 1. The number of nitrogens with two attached hydrogens (primary N) is 1. The first-order chi connectivity index (χ1) is 18.2. The maximum atomic E-state index is 13.7. The van der Waals surface area contributed by atoms with Gasteiger partial charge in [-0.25, -0.2) is 8.42 Å². The average molecular weight is 566 g/mol. The summed E-state index contributed by atoms with van der Waals surface area (Å²) in [6, 6.07) is 22.0. The van der Waals surface area contributed by atoms with Crippen LogP contribution >= 0.6 is 24.0 Å². The molecule has 2 unspecified atom stereocenters. The van der Waals surface area contributed by atoms with Crippen molar-refractivity contribution in [1.82, 2.24) is 5.32 Å². The summed E-state index contributed by atoms with van der Waals surface area (Å²) in [5, 5.41) is 1.85. The van der Waals surface area contributed by atoms with E-state index in [1.54, 1.807) is 31.4 Å². The van der Waals surface area contributed by atoms with Gasteiger partial charge in [-0.2, -0.15) is 0 Å². The summed E-state index contributed by atoms with van der Waals surface area (Å²) in [6.07, 6.45) is 2.86. The smallest absolute Gasteiger partial charge is 0.263 e. The molecular formula is C28H27N3O4S3. The second kappa shape index (κ2) is 10.9. The molecule has 0 spiro atoms. The first-order valence-electron chi connectivity index (χ1n) is 12.1. The Morgan fingerprint density at radius 1 is 1.08 bits per heavy atom. The van der Waals surface area contributed by atoms with Crippen LogP contribution in [0.25, 0.3) is 17.2 Å². The van der Waals surface area contributed by atoms with Crippen molar-refractivity contribution in [2.24, 2.45) is 5.73 Å². The Bertz CT molecular complexity index is 1500. The summed E-state index contributed by atoms with van der Waals surface area (Å²) < 4.78 is 33.1. The number of hydrogen-bond donors (Lipinski definition) is 2. The number of rotatable bonds is 6. The maximum Gasteiger partial charge on any atom is 0.263 e. The van der Waals surface area contributed by atoms with Gasteiger partial charge in [0.15, 0.2) is 9.84 Å². The molecule has 3 aromatic carbocycles. The third-order valence-electron chi connectivity index (χ3n) is 6.70. The van der Waals surface area contributed by atoms with Gasteiger partial charge >= 0.3 is 0 Å². The van der Waals surface area contributed by atoms with E-state index in [1.807, 2.05) is 59.5 Å². The lowest BCUT2D eigenvalue weighted by Gasteiger charge is -2.39. The van der Waals surface area contributed by atoms with Gasteiger partial charge in [-0.3, -0.25) is 4.79 Å². The topological polar surface area (TPSA) is 102 Å². The van der Waals surface area contributed by atoms with Crippen molar-refractivity contribution in [3.05, 3.63) is 83.3 Å². The number of anilines is 1. The van der Waals surface area contributed by atoms with E-state index in [0.717, 1.165) is 22.4 Å². The van der Waals surface area contributed by atoms with Crippen molar-refractivity contribution in [2.45, 2.75) is 29.2 Å². The van der Waals surface area contributed by atoms with Crippen LogP contribution in [-0.4, -0.2) is 43.7 Å². The van der Waals surface area contributed by atoms with Crippen LogP contribution in [0.5, 0.6) is 5.75 Å². The monoisotopic (exact) mass is 565 g/mol. The minimum atomic E-state index is -3.68. The van der Waals surface area contributed by atoms with Gasteiger partial charge in [0.25, 0.3) is 5.91 Å². The number of piperidine rings is 1. The van der Waals surface area contributed by atoms with E-state index in [9.17, 15) is 13.2 Å². The standard InChI is InChI=1S/C28H27N3O4S3/c1-35-23-9-11-24(12-10-23)38(33,34)26-17-21(29)13-14-31(26)22-4-2-3-20(16-22)19-7-5-18(6-8-19)15-25-27(32)30-28(36)37-25/h2-12,15-16,21,26H,13-14,17,29H2,1H3,(H,30,32,36)/b25-15-. The molecule has 2 fully saturated rings. The minimum Gasteiger partial charge on any atom is -0.497 e. The Morgan fingerprint density at radius 3 is 2.47 bits per heavy atom. The molecule has 2 saturated heterocycles. The van der Waals surface area contributed by atoms with E-state index in [1.165, 1.54) is 11.8 Å². The van der Waals surface area contributed by atoms with Gasteiger partial charge in [0.05, 0.1) is 16.9 Å². The number of thioether (sulfide) groups is 1. The second-order valence-electron chi connectivity index (χ2n) is 9.18. The molecule has 2 atom stereocenters. The van der Waals surface area contributed by atoms with Crippen molar-refractivity contribution in [3.63, 3.8) is 0 Å². The molecule has 196 valence electrons. The Morgan fingerprint density at radius 2 is 1.82 bits per heavy atom. The van der Waals surface area contributed by atoms with Crippen LogP contribution in [0.1, 0.15) is 18.4 Å².